The van der Waals surface area contributed by atoms with Crippen LogP contribution in [-0.2, 0) is 18.9 Å². The Kier molecular flexibility index (Phi) is 7.82. The summed E-state index contributed by atoms with van der Waals surface area (Å²) in [7, 11) is 0. The van der Waals surface area contributed by atoms with Gasteiger partial charge in [0.1, 0.15) is 5.82 Å². The standard InChI is InChI=1S/C26H26F6N4/c27-25(28,29)21-14-20(15-22(16-21)26(30,31)32)23-6-7-24(35-34-23)33-11-8-18-9-12-36(13-10-18)17-19-4-2-1-3-5-19/h1-7,14-16,18H,8-13,17H2,(H,33,35). The summed E-state index contributed by atoms with van der Waals surface area (Å²) in [5.41, 5.74) is -1.82. The molecule has 0 bridgehead atoms. The van der Waals surface area contributed by atoms with Crippen LogP contribution in [0.5, 0.6) is 0 Å². The van der Waals surface area contributed by atoms with Crippen molar-refractivity contribution in [1.82, 2.24) is 15.1 Å². The van der Waals surface area contributed by atoms with Crippen molar-refractivity contribution in [3.05, 3.63) is 77.4 Å². The van der Waals surface area contributed by atoms with E-state index in [1.807, 2.05) is 18.2 Å². The monoisotopic (exact) mass is 508 g/mol. The van der Waals surface area contributed by atoms with Crippen LogP contribution in [0.4, 0.5) is 32.2 Å². The molecule has 0 amide bonds. The SMILES string of the molecule is FC(F)(F)c1cc(-c2ccc(NCCC3CCN(Cc4ccccc4)CC3)nn2)cc(C(F)(F)F)c1. The molecule has 192 valence electrons. The van der Waals surface area contributed by atoms with Crippen LogP contribution in [0.2, 0.25) is 0 Å². The summed E-state index contributed by atoms with van der Waals surface area (Å²) in [5.74, 6) is 0.992. The van der Waals surface area contributed by atoms with Crippen molar-refractivity contribution in [3.8, 4) is 11.3 Å². The van der Waals surface area contributed by atoms with Gasteiger partial charge in [-0.15, -0.1) is 10.2 Å². The number of piperidine rings is 1. The number of rotatable bonds is 7. The van der Waals surface area contributed by atoms with E-state index in [9.17, 15) is 26.3 Å². The first-order chi connectivity index (χ1) is 17.1. The highest BCUT2D eigenvalue weighted by Gasteiger charge is 2.37. The highest BCUT2D eigenvalue weighted by molar-refractivity contribution is 5.62. The van der Waals surface area contributed by atoms with Gasteiger partial charge in [0.25, 0.3) is 0 Å². The molecular formula is C26H26F6N4. The third-order valence-corrected chi connectivity index (χ3v) is 6.36. The van der Waals surface area contributed by atoms with Crippen molar-refractivity contribution in [1.29, 1.82) is 0 Å². The topological polar surface area (TPSA) is 41.0 Å². The Hall–Kier alpha value is -3.14. The van der Waals surface area contributed by atoms with Crippen LogP contribution < -0.4 is 5.32 Å². The van der Waals surface area contributed by atoms with Crippen molar-refractivity contribution < 1.29 is 26.3 Å². The number of hydrogen-bond acceptors (Lipinski definition) is 4. The molecule has 0 saturated carbocycles. The van der Waals surface area contributed by atoms with E-state index in [4.69, 9.17) is 0 Å². The lowest BCUT2D eigenvalue weighted by atomic mass is 9.93. The summed E-state index contributed by atoms with van der Waals surface area (Å²) in [6.07, 6.45) is -6.71. The van der Waals surface area contributed by atoms with E-state index >= 15 is 0 Å². The van der Waals surface area contributed by atoms with Crippen LogP contribution >= 0.6 is 0 Å². The lowest BCUT2D eigenvalue weighted by Crippen LogP contribution is -2.33. The molecule has 4 rings (SSSR count). The van der Waals surface area contributed by atoms with Crippen LogP contribution in [0.1, 0.15) is 36.0 Å². The number of hydrogen-bond donors (Lipinski definition) is 1. The van der Waals surface area contributed by atoms with Gasteiger partial charge in [-0.3, -0.25) is 4.90 Å². The van der Waals surface area contributed by atoms with Crippen LogP contribution in [0.15, 0.2) is 60.7 Å². The minimum atomic E-state index is -4.91. The van der Waals surface area contributed by atoms with E-state index in [-0.39, 0.29) is 17.3 Å². The predicted molar refractivity (Wildman–Crippen MR) is 125 cm³/mol. The molecule has 2 heterocycles. The average Bonchev–Trinajstić information content (AvgIpc) is 2.85. The molecular weight excluding hydrogens is 482 g/mol. The molecule has 1 aromatic heterocycles. The molecule has 36 heavy (non-hydrogen) atoms. The zero-order valence-electron chi connectivity index (χ0n) is 19.4. The van der Waals surface area contributed by atoms with Gasteiger partial charge in [-0.05, 0) is 74.2 Å². The zero-order valence-corrected chi connectivity index (χ0v) is 19.4. The summed E-state index contributed by atoms with van der Waals surface area (Å²) in [4.78, 5) is 2.45. The van der Waals surface area contributed by atoms with E-state index in [2.05, 4.69) is 32.5 Å². The maximum Gasteiger partial charge on any atom is 0.416 e. The lowest BCUT2D eigenvalue weighted by Gasteiger charge is -2.32. The number of benzene rings is 2. The van der Waals surface area contributed by atoms with Gasteiger partial charge in [-0.1, -0.05) is 30.3 Å². The molecule has 0 radical (unpaired) electrons. The van der Waals surface area contributed by atoms with E-state index in [0.717, 1.165) is 38.9 Å². The Morgan fingerprint density at radius 2 is 1.44 bits per heavy atom. The number of aromatic nitrogens is 2. The van der Waals surface area contributed by atoms with E-state index in [0.29, 0.717) is 30.4 Å². The second-order valence-electron chi connectivity index (χ2n) is 9.02. The molecule has 0 spiro atoms. The fourth-order valence-corrected chi connectivity index (χ4v) is 4.36. The largest absolute Gasteiger partial charge is 0.416 e. The quantitative estimate of drug-likeness (QED) is 0.353. The minimum absolute atomic E-state index is 0.0667. The summed E-state index contributed by atoms with van der Waals surface area (Å²) in [6, 6.07) is 14.6. The molecule has 1 N–H and O–H groups in total. The maximum absolute atomic E-state index is 13.1. The van der Waals surface area contributed by atoms with Gasteiger partial charge >= 0.3 is 12.4 Å². The molecule has 0 atom stereocenters. The van der Waals surface area contributed by atoms with Crippen molar-refractivity contribution in [2.24, 2.45) is 5.92 Å². The molecule has 2 aromatic carbocycles. The number of anilines is 1. The molecule has 0 aliphatic carbocycles. The van der Waals surface area contributed by atoms with Gasteiger partial charge in [-0.2, -0.15) is 26.3 Å². The number of alkyl halides is 6. The third-order valence-electron chi connectivity index (χ3n) is 6.36. The van der Waals surface area contributed by atoms with Crippen LogP contribution in [-0.4, -0.2) is 34.7 Å². The minimum Gasteiger partial charge on any atom is -0.369 e. The number of halogens is 6. The highest BCUT2D eigenvalue weighted by Crippen LogP contribution is 2.38. The molecule has 0 unspecified atom stereocenters. The summed E-state index contributed by atoms with van der Waals surface area (Å²) < 4.78 is 78.7. The smallest absolute Gasteiger partial charge is 0.369 e. The van der Waals surface area contributed by atoms with Gasteiger partial charge in [0, 0.05) is 18.7 Å². The Morgan fingerprint density at radius 3 is 2.00 bits per heavy atom. The third kappa shape index (κ3) is 6.96. The lowest BCUT2D eigenvalue weighted by molar-refractivity contribution is -0.143. The molecule has 1 fully saturated rings. The van der Waals surface area contributed by atoms with Gasteiger partial charge < -0.3 is 5.32 Å². The molecule has 1 aliphatic rings. The molecule has 4 nitrogen and oxygen atoms in total. The Morgan fingerprint density at radius 1 is 0.806 bits per heavy atom. The average molecular weight is 509 g/mol. The van der Waals surface area contributed by atoms with Crippen molar-refractivity contribution in [3.63, 3.8) is 0 Å². The molecule has 1 aliphatic heterocycles. The number of likely N-dealkylation sites (tertiary alicyclic amines) is 1. The first kappa shape index (κ1) is 25.9. The van der Waals surface area contributed by atoms with E-state index in [1.165, 1.54) is 17.7 Å². The van der Waals surface area contributed by atoms with E-state index in [1.54, 1.807) is 0 Å². The Labute approximate surface area is 205 Å². The van der Waals surface area contributed by atoms with E-state index < -0.39 is 23.5 Å². The summed E-state index contributed by atoms with van der Waals surface area (Å²) >= 11 is 0. The first-order valence-electron chi connectivity index (χ1n) is 11.7. The van der Waals surface area contributed by atoms with Gasteiger partial charge in [0.15, 0.2) is 0 Å². The van der Waals surface area contributed by atoms with Crippen molar-refractivity contribution in [2.75, 3.05) is 25.0 Å². The molecule has 3 aromatic rings. The molecule has 10 heteroatoms. The Balaban J connectivity index is 1.30. The van der Waals surface area contributed by atoms with Crippen LogP contribution in [0, 0.1) is 5.92 Å². The zero-order chi connectivity index (χ0) is 25.8. The predicted octanol–water partition coefficient (Wildman–Crippen LogP) is 6.90. The second-order valence-corrected chi connectivity index (χ2v) is 9.02. The second kappa shape index (κ2) is 10.9. The van der Waals surface area contributed by atoms with Crippen LogP contribution in [0.25, 0.3) is 11.3 Å². The van der Waals surface area contributed by atoms with Gasteiger partial charge in [0.2, 0.25) is 0 Å². The van der Waals surface area contributed by atoms with Crippen molar-refractivity contribution in [2.45, 2.75) is 38.2 Å². The van der Waals surface area contributed by atoms with Crippen molar-refractivity contribution >= 4 is 5.82 Å². The fraction of sp³-hybridized carbons (Fsp3) is 0.385. The summed E-state index contributed by atoms with van der Waals surface area (Å²) in [5, 5.41) is 11.0. The maximum atomic E-state index is 13.1. The Bertz CT molecular complexity index is 1090. The van der Waals surface area contributed by atoms with Gasteiger partial charge in [-0.25, -0.2) is 0 Å². The molecule has 1 saturated heterocycles. The summed E-state index contributed by atoms with van der Waals surface area (Å²) in [6.45, 7) is 3.67. The normalized spacial score (nSPS) is 15.7. The number of nitrogens with zero attached hydrogens (tertiary/aromatic N) is 3. The first-order valence-corrected chi connectivity index (χ1v) is 11.7. The number of nitrogens with one attached hydrogen (secondary N) is 1. The fourth-order valence-electron chi connectivity index (χ4n) is 4.36. The van der Waals surface area contributed by atoms with Crippen LogP contribution in [0.3, 0.4) is 0 Å². The van der Waals surface area contributed by atoms with Gasteiger partial charge in [0.05, 0.1) is 16.8 Å². The highest BCUT2D eigenvalue weighted by atomic mass is 19.4.